The van der Waals surface area contributed by atoms with E-state index >= 15 is 0 Å². The minimum Gasteiger partial charge on any atom is -0.326 e. The molecule has 2 atom stereocenters. The van der Waals surface area contributed by atoms with E-state index in [9.17, 15) is 4.79 Å². The molecule has 2 unspecified atom stereocenters. The molecule has 2 nitrogen and oxygen atoms in total. The zero-order valence-corrected chi connectivity index (χ0v) is 12.9. The predicted molar refractivity (Wildman–Crippen MR) is 80.6 cm³/mol. The summed E-state index contributed by atoms with van der Waals surface area (Å²) < 4.78 is 0.208. The van der Waals surface area contributed by atoms with E-state index in [-0.39, 0.29) is 27.6 Å². The molecule has 1 aliphatic carbocycles. The number of halogens is 3. The van der Waals surface area contributed by atoms with Gasteiger partial charge in [-0.05, 0) is 41.7 Å². The first-order valence-electron chi connectivity index (χ1n) is 5.91. The maximum Gasteiger partial charge on any atom is 0.228 e. The molecule has 0 heterocycles. The summed E-state index contributed by atoms with van der Waals surface area (Å²) in [6.07, 6.45) is 1.73. The van der Waals surface area contributed by atoms with Crippen LogP contribution in [0.15, 0.2) is 34.8 Å². The molecule has 2 rings (SSSR count). The Labute approximate surface area is 127 Å². The van der Waals surface area contributed by atoms with Gasteiger partial charge in [0.1, 0.15) is 4.49 Å². The number of hydrogen-bond acceptors (Lipinski definition) is 1. The molecule has 0 aliphatic heterocycles. The zero-order valence-electron chi connectivity index (χ0n) is 10.6. The Balaban J connectivity index is 2.05. The fourth-order valence-electron chi connectivity index (χ4n) is 2.38. The summed E-state index contributed by atoms with van der Waals surface area (Å²) in [5, 5.41) is 3.52. The monoisotopic (exact) mass is 317 g/mol. The smallest absolute Gasteiger partial charge is 0.228 e. The molecule has 5 heteroatoms. The van der Waals surface area contributed by atoms with E-state index in [4.69, 9.17) is 34.8 Å². The number of benzene rings is 1. The van der Waals surface area contributed by atoms with Crippen molar-refractivity contribution in [1.82, 2.24) is 0 Å². The molecule has 1 aromatic carbocycles. The molecule has 1 amide bonds. The zero-order chi connectivity index (χ0) is 14.2. The second-order valence-electron chi connectivity index (χ2n) is 5.28. The molecule has 19 heavy (non-hydrogen) atoms. The van der Waals surface area contributed by atoms with Crippen LogP contribution >= 0.6 is 34.8 Å². The number of carbonyl (C=O) groups excluding carboxylic acids is 1. The van der Waals surface area contributed by atoms with Crippen molar-refractivity contribution in [2.24, 2.45) is 17.3 Å². The SMILES string of the molecule is CC1(C)C(C=C(Cl)Cl)C1C(=O)Nc1ccc(Cl)cc1. The minimum absolute atomic E-state index is 0.0249. The van der Waals surface area contributed by atoms with Crippen molar-refractivity contribution in [3.63, 3.8) is 0 Å². The highest BCUT2D eigenvalue weighted by atomic mass is 35.5. The highest BCUT2D eigenvalue weighted by molar-refractivity contribution is 6.55. The van der Waals surface area contributed by atoms with Gasteiger partial charge in [-0.1, -0.05) is 48.7 Å². The molecule has 0 aromatic heterocycles. The topological polar surface area (TPSA) is 29.1 Å². The average molecular weight is 319 g/mol. The van der Waals surface area contributed by atoms with Gasteiger partial charge in [0.15, 0.2) is 0 Å². The molecule has 1 N–H and O–H groups in total. The van der Waals surface area contributed by atoms with Crippen LogP contribution in [0, 0.1) is 17.3 Å². The fraction of sp³-hybridized carbons (Fsp3) is 0.357. The predicted octanol–water partition coefficient (Wildman–Crippen LogP) is 4.87. The van der Waals surface area contributed by atoms with E-state index in [0.29, 0.717) is 5.02 Å². The van der Waals surface area contributed by atoms with Gasteiger partial charge in [-0.2, -0.15) is 0 Å². The summed E-state index contributed by atoms with van der Waals surface area (Å²) in [6, 6.07) is 7.02. The van der Waals surface area contributed by atoms with Crippen molar-refractivity contribution in [3.8, 4) is 0 Å². The van der Waals surface area contributed by atoms with Crippen LogP contribution in [0.2, 0.25) is 5.02 Å². The van der Waals surface area contributed by atoms with Gasteiger partial charge in [0.2, 0.25) is 5.91 Å². The van der Waals surface area contributed by atoms with Crippen molar-refractivity contribution in [2.75, 3.05) is 5.32 Å². The maximum atomic E-state index is 12.2. The van der Waals surface area contributed by atoms with Crippen LogP contribution in [0.5, 0.6) is 0 Å². The second kappa shape index (κ2) is 5.35. The highest BCUT2D eigenvalue weighted by Gasteiger charge is 2.60. The van der Waals surface area contributed by atoms with Gasteiger partial charge in [0, 0.05) is 10.7 Å². The first-order valence-corrected chi connectivity index (χ1v) is 7.05. The standard InChI is InChI=1S/C14H14Cl3NO/c1-14(2)10(7-11(16)17)12(14)13(19)18-9-5-3-8(15)4-6-9/h3-7,10,12H,1-2H3,(H,18,19). The lowest BCUT2D eigenvalue weighted by atomic mass is 10.1. The molecule has 1 aromatic rings. The maximum absolute atomic E-state index is 12.2. The normalized spacial score (nSPS) is 23.6. The van der Waals surface area contributed by atoms with Gasteiger partial charge in [0.05, 0.1) is 5.92 Å². The van der Waals surface area contributed by atoms with Crippen LogP contribution in [0.3, 0.4) is 0 Å². The fourth-order valence-corrected chi connectivity index (χ4v) is 2.78. The van der Waals surface area contributed by atoms with Crippen molar-refractivity contribution < 1.29 is 4.79 Å². The molecule has 102 valence electrons. The van der Waals surface area contributed by atoms with E-state index in [2.05, 4.69) is 5.32 Å². The molecular formula is C14H14Cl3NO. The van der Waals surface area contributed by atoms with Crippen LogP contribution in [0.4, 0.5) is 5.69 Å². The van der Waals surface area contributed by atoms with Gasteiger partial charge in [-0.25, -0.2) is 0 Å². The first-order chi connectivity index (χ1) is 8.82. The van der Waals surface area contributed by atoms with Crippen LogP contribution < -0.4 is 5.32 Å². The number of allylic oxidation sites excluding steroid dienone is 1. The lowest BCUT2D eigenvalue weighted by Gasteiger charge is -2.06. The number of anilines is 1. The van der Waals surface area contributed by atoms with Crippen LogP contribution in [-0.2, 0) is 4.79 Å². The Morgan fingerprint density at radius 3 is 2.37 bits per heavy atom. The summed E-state index contributed by atoms with van der Waals surface area (Å²) >= 11 is 17.1. The average Bonchev–Trinajstić information content (AvgIpc) is 2.83. The van der Waals surface area contributed by atoms with Crippen molar-refractivity contribution in [1.29, 1.82) is 0 Å². The summed E-state index contributed by atoms with van der Waals surface area (Å²) in [5.41, 5.74) is 0.614. The van der Waals surface area contributed by atoms with Crippen LogP contribution in [0.1, 0.15) is 13.8 Å². The number of amides is 1. The van der Waals surface area contributed by atoms with Crippen LogP contribution in [-0.4, -0.2) is 5.91 Å². The lowest BCUT2D eigenvalue weighted by molar-refractivity contribution is -0.118. The van der Waals surface area contributed by atoms with Gasteiger partial charge < -0.3 is 5.32 Å². The Morgan fingerprint density at radius 2 is 1.84 bits per heavy atom. The third-order valence-electron chi connectivity index (χ3n) is 3.61. The van der Waals surface area contributed by atoms with E-state index < -0.39 is 0 Å². The molecule has 1 fully saturated rings. The molecule has 0 radical (unpaired) electrons. The number of nitrogens with one attached hydrogen (secondary N) is 1. The quantitative estimate of drug-likeness (QED) is 0.846. The van der Waals surface area contributed by atoms with Crippen molar-refractivity contribution in [2.45, 2.75) is 13.8 Å². The number of carbonyl (C=O) groups is 1. The summed E-state index contributed by atoms with van der Waals surface area (Å²) in [5.74, 6) is -0.0661. The second-order valence-corrected chi connectivity index (χ2v) is 6.72. The highest BCUT2D eigenvalue weighted by Crippen LogP contribution is 2.59. The molecule has 0 spiro atoms. The first kappa shape index (κ1) is 14.7. The lowest BCUT2D eigenvalue weighted by Crippen LogP contribution is -2.16. The van der Waals surface area contributed by atoms with E-state index in [1.807, 2.05) is 13.8 Å². The van der Waals surface area contributed by atoms with Gasteiger partial charge in [0.25, 0.3) is 0 Å². The van der Waals surface area contributed by atoms with E-state index in [0.717, 1.165) is 5.69 Å². The molecule has 0 bridgehead atoms. The third-order valence-corrected chi connectivity index (χ3v) is 4.11. The Hall–Kier alpha value is -0.700. The Kier molecular flexibility index (Phi) is 4.14. The van der Waals surface area contributed by atoms with Gasteiger partial charge in [-0.15, -0.1) is 0 Å². The van der Waals surface area contributed by atoms with Gasteiger partial charge >= 0.3 is 0 Å². The van der Waals surface area contributed by atoms with E-state index in [1.54, 1.807) is 30.3 Å². The Bertz CT molecular complexity index is 518. The molecule has 0 saturated heterocycles. The number of rotatable bonds is 3. The van der Waals surface area contributed by atoms with E-state index in [1.165, 1.54) is 0 Å². The summed E-state index contributed by atoms with van der Waals surface area (Å²) in [4.78, 5) is 12.2. The number of hydrogen-bond donors (Lipinski definition) is 1. The molecule has 1 saturated carbocycles. The van der Waals surface area contributed by atoms with Crippen molar-refractivity contribution >= 4 is 46.4 Å². The van der Waals surface area contributed by atoms with Crippen LogP contribution in [0.25, 0.3) is 0 Å². The third kappa shape index (κ3) is 3.25. The largest absolute Gasteiger partial charge is 0.326 e. The minimum atomic E-state index is -0.120. The summed E-state index contributed by atoms with van der Waals surface area (Å²) in [6.45, 7) is 4.05. The molecule has 1 aliphatic rings. The molecular weight excluding hydrogens is 305 g/mol. The van der Waals surface area contributed by atoms with Gasteiger partial charge in [-0.3, -0.25) is 4.79 Å². The van der Waals surface area contributed by atoms with Crippen molar-refractivity contribution in [3.05, 3.63) is 39.9 Å². The Morgan fingerprint density at radius 1 is 1.26 bits per heavy atom. The summed E-state index contributed by atoms with van der Waals surface area (Å²) in [7, 11) is 0.